The number of alkyl halides is 3. The van der Waals surface area contributed by atoms with Gasteiger partial charge in [0.1, 0.15) is 0 Å². The van der Waals surface area contributed by atoms with Gasteiger partial charge >= 0.3 is 6.18 Å². The van der Waals surface area contributed by atoms with E-state index in [4.69, 9.17) is 0 Å². The molecule has 100 valence electrons. The molecule has 1 saturated carbocycles. The molecule has 1 aliphatic carbocycles. The van der Waals surface area contributed by atoms with Gasteiger partial charge in [-0.3, -0.25) is 4.18 Å². The van der Waals surface area contributed by atoms with Crippen molar-refractivity contribution in [2.45, 2.75) is 50.1 Å². The summed E-state index contributed by atoms with van der Waals surface area (Å²) >= 11 is 0. The van der Waals surface area contributed by atoms with Crippen molar-refractivity contribution in [1.29, 1.82) is 0 Å². The van der Waals surface area contributed by atoms with Crippen molar-refractivity contribution in [1.82, 2.24) is 0 Å². The van der Waals surface area contributed by atoms with Crippen LogP contribution in [0.3, 0.4) is 0 Å². The van der Waals surface area contributed by atoms with Crippen LogP contribution in [0.5, 0.6) is 0 Å². The molecule has 2 aliphatic rings. The summed E-state index contributed by atoms with van der Waals surface area (Å²) in [6.45, 7) is 3.20. The fraction of sp³-hybridized carbons (Fsp3) is 1.00. The van der Waals surface area contributed by atoms with Crippen molar-refractivity contribution >= 4 is 10.1 Å². The quantitative estimate of drug-likeness (QED) is 0.689. The second kappa shape index (κ2) is 3.60. The van der Waals surface area contributed by atoms with E-state index in [0.29, 0.717) is 6.42 Å². The third kappa shape index (κ3) is 1.54. The Morgan fingerprint density at radius 1 is 1.41 bits per heavy atom. The lowest BCUT2D eigenvalue weighted by Crippen LogP contribution is -2.51. The van der Waals surface area contributed by atoms with Crippen LogP contribution in [-0.2, 0) is 14.3 Å². The van der Waals surface area contributed by atoms with Crippen LogP contribution in [0.25, 0.3) is 0 Å². The summed E-state index contributed by atoms with van der Waals surface area (Å²) in [6.07, 6.45) is -5.15. The molecule has 2 fully saturated rings. The maximum absolute atomic E-state index is 13.2. The van der Waals surface area contributed by atoms with Crippen molar-refractivity contribution in [3.63, 3.8) is 0 Å². The van der Waals surface area contributed by atoms with E-state index in [1.54, 1.807) is 6.92 Å². The highest BCUT2D eigenvalue weighted by Gasteiger charge is 2.76. The molecule has 7 heteroatoms. The van der Waals surface area contributed by atoms with Gasteiger partial charge in [0, 0.05) is 5.92 Å². The Morgan fingerprint density at radius 2 is 2.00 bits per heavy atom. The largest absolute Gasteiger partial charge is 0.410 e. The summed E-state index contributed by atoms with van der Waals surface area (Å²) in [5, 5.41) is 0. The van der Waals surface area contributed by atoms with Crippen LogP contribution in [0, 0.1) is 11.8 Å². The molecular formula is C10H15F3O3S. The van der Waals surface area contributed by atoms with Gasteiger partial charge in [-0.2, -0.15) is 21.6 Å². The first-order chi connectivity index (χ1) is 7.65. The highest BCUT2D eigenvalue weighted by molar-refractivity contribution is 7.88. The Morgan fingerprint density at radius 3 is 2.41 bits per heavy atom. The molecule has 0 radical (unpaired) electrons. The second-order valence-electron chi connectivity index (χ2n) is 4.96. The molecule has 0 bridgehead atoms. The van der Waals surface area contributed by atoms with Gasteiger partial charge in [0.05, 0.1) is 6.10 Å². The fourth-order valence-corrected chi connectivity index (χ4v) is 5.29. The summed E-state index contributed by atoms with van der Waals surface area (Å²) < 4.78 is 65.1. The number of hydrogen-bond donors (Lipinski definition) is 0. The molecule has 1 saturated heterocycles. The lowest BCUT2D eigenvalue weighted by atomic mass is 9.90. The third-order valence-corrected chi connectivity index (χ3v) is 6.28. The molecule has 4 atom stereocenters. The van der Waals surface area contributed by atoms with Crippen LogP contribution in [-0.4, -0.2) is 25.4 Å². The molecule has 0 aromatic heterocycles. The van der Waals surface area contributed by atoms with Crippen molar-refractivity contribution in [3.8, 4) is 0 Å². The number of hydrogen-bond acceptors (Lipinski definition) is 3. The van der Waals surface area contributed by atoms with E-state index in [9.17, 15) is 21.6 Å². The Balaban J connectivity index is 2.55. The SMILES string of the molecule is CCC1CC2C(C)OS(=O)(=O)C2(C(F)(F)F)C1. The molecule has 0 N–H and O–H groups in total. The summed E-state index contributed by atoms with van der Waals surface area (Å²) in [7, 11) is -4.56. The van der Waals surface area contributed by atoms with Gasteiger partial charge in [-0.1, -0.05) is 13.3 Å². The molecule has 1 aliphatic heterocycles. The van der Waals surface area contributed by atoms with Gasteiger partial charge < -0.3 is 0 Å². The number of halogens is 3. The predicted octanol–water partition coefficient (Wildman–Crippen LogP) is 2.47. The third-order valence-electron chi connectivity index (χ3n) is 4.13. The summed E-state index contributed by atoms with van der Waals surface area (Å²) in [5.41, 5.74) is 0. The average Bonchev–Trinajstić information content (AvgIpc) is 2.63. The molecule has 17 heavy (non-hydrogen) atoms. The first-order valence-electron chi connectivity index (χ1n) is 5.65. The minimum atomic E-state index is -4.76. The van der Waals surface area contributed by atoms with E-state index in [1.807, 2.05) is 0 Å². The zero-order chi connectivity index (χ0) is 13.1. The van der Waals surface area contributed by atoms with Gasteiger partial charge in [0.25, 0.3) is 10.1 Å². The monoisotopic (exact) mass is 272 g/mol. The molecule has 0 amide bonds. The topological polar surface area (TPSA) is 43.4 Å². The van der Waals surface area contributed by atoms with E-state index in [1.165, 1.54) is 6.92 Å². The van der Waals surface area contributed by atoms with Gasteiger partial charge in [-0.05, 0) is 25.7 Å². The van der Waals surface area contributed by atoms with Crippen LogP contribution < -0.4 is 0 Å². The highest BCUT2D eigenvalue weighted by atomic mass is 32.2. The average molecular weight is 272 g/mol. The van der Waals surface area contributed by atoms with Crippen LogP contribution in [0.1, 0.15) is 33.1 Å². The zero-order valence-corrected chi connectivity index (χ0v) is 10.4. The highest BCUT2D eigenvalue weighted by Crippen LogP contribution is 2.60. The van der Waals surface area contributed by atoms with Crippen molar-refractivity contribution in [2.75, 3.05) is 0 Å². The standard InChI is InChI=1S/C10H15F3O3S/c1-3-7-4-8-6(2)16-17(14,15)9(8,5-7)10(11,12)13/h6-8H,3-5H2,1-2H3. The molecule has 0 aromatic carbocycles. The van der Waals surface area contributed by atoms with E-state index >= 15 is 0 Å². The minimum absolute atomic E-state index is 0.192. The molecule has 3 nitrogen and oxygen atoms in total. The Labute approximate surface area is 98.5 Å². The molecule has 4 unspecified atom stereocenters. The fourth-order valence-electron chi connectivity index (χ4n) is 3.20. The van der Waals surface area contributed by atoms with Crippen LogP contribution in [0.15, 0.2) is 0 Å². The first-order valence-corrected chi connectivity index (χ1v) is 7.06. The van der Waals surface area contributed by atoms with Gasteiger partial charge in [-0.25, -0.2) is 0 Å². The maximum atomic E-state index is 13.2. The van der Waals surface area contributed by atoms with Gasteiger partial charge in [0.2, 0.25) is 0 Å². The van der Waals surface area contributed by atoms with E-state index in [-0.39, 0.29) is 18.8 Å². The number of fused-ring (bicyclic) bond motifs is 1. The summed E-state index contributed by atoms with van der Waals surface area (Å²) in [6, 6.07) is 0. The van der Waals surface area contributed by atoms with Gasteiger partial charge in [0.15, 0.2) is 4.75 Å². The molecular weight excluding hydrogens is 257 g/mol. The van der Waals surface area contributed by atoms with Crippen molar-refractivity contribution < 1.29 is 25.8 Å². The Bertz CT molecular complexity index is 417. The number of rotatable bonds is 1. The molecule has 1 heterocycles. The summed E-state index contributed by atoms with van der Waals surface area (Å²) in [4.78, 5) is 0. The predicted molar refractivity (Wildman–Crippen MR) is 54.8 cm³/mol. The maximum Gasteiger partial charge on any atom is 0.410 e. The molecule has 0 aromatic rings. The molecule has 0 spiro atoms. The lowest BCUT2D eigenvalue weighted by Gasteiger charge is -2.28. The Hall–Kier alpha value is -0.300. The van der Waals surface area contributed by atoms with Crippen LogP contribution >= 0.6 is 0 Å². The second-order valence-corrected chi connectivity index (χ2v) is 6.79. The van der Waals surface area contributed by atoms with Crippen LogP contribution in [0.4, 0.5) is 13.2 Å². The summed E-state index contributed by atoms with van der Waals surface area (Å²) in [5.74, 6) is -1.15. The lowest BCUT2D eigenvalue weighted by molar-refractivity contribution is -0.169. The van der Waals surface area contributed by atoms with Gasteiger partial charge in [-0.15, -0.1) is 0 Å². The first kappa shape index (κ1) is 13.1. The Kier molecular flexibility index (Phi) is 2.78. The van der Waals surface area contributed by atoms with Crippen molar-refractivity contribution in [2.24, 2.45) is 11.8 Å². The molecule has 2 rings (SSSR count). The van der Waals surface area contributed by atoms with E-state index in [2.05, 4.69) is 4.18 Å². The van der Waals surface area contributed by atoms with E-state index in [0.717, 1.165) is 0 Å². The zero-order valence-electron chi connectivity index (χ0n) is 9.62. The van der Waals surface area contributed by atoms with Crippen LogP contribution in [0.2, 0.25) is 0 Å². The van der Waals surface area contributed by atoms with Crippen molar-refractivity contribution in [3.05, 3.63) is 0 Å². The normalized spacial score (nSPS) is 44.9. The smallest absolute Gasteiger partial charge is 0.266 e. The van der Waals surface area contributed by atoms with E-state index < -0.39 is 33.1 Å². The minimum Gasteiger partial charge on any atom is -0.266 e.